The number of anilines is 1. The molecule has 6 heteroatoms. The van der Waals surface area contributed by atoms with Crippen LogP contribution in [-0.2, 0) is 0 Å². The topological polar surface area (TPSA) is 35.2 Å². The second-order valence-corrected chi connectivity index (χ2v) is 6.37. The first-order valence-corrected chi connectivity index (χ1v) is 7.94. The molecular weight excluding hydrogens is 337 g/mol. The Balaban J connectivity index is 1.84. The molecule has 0 radical (unpaired) electrons. The lowest BCUT2D eigenvalue weighted by atomic mass is 10.3. The number of hydrogen-bond donors (Lipinski definition) is 1. The molecule has 2 N–H and O–H groups in total. The number of ether oxygens (including phenoxy) is 1. The van der Waals surface area contributed by atoms with Crippen LogP contribution in [0.5, 0.6) is 5.75 Å². The Bertz CT molecular complexity index is 553. The van der Waals surface area contributed by atoms with Crippen LogP contribution >= 0.6 is 46.6 Å². The van der Waals surface area contributed by atoms with Crippen molar-refractivity contribution in [1.82, 2.24) is 0 Å². The van der Waals surface area contributed by atoms with Crippen LogP contribution in [0.15, 0.2) is 41.3 Å². The van der Waals surface area contributed by atoms with E-state index >= 15 is 0 Å². The second kappa shape index (κ2) is 7.32. The van der Waals surface area contributed by atoms with Gasteiger partial charge in [-0.3, -0.25) is 0 Å². The summed E-state index contributed by atoms with van der Waals surface area (Å²) in [6.07, 6.45) is 0. The van der Waals surface area contributed by atoms with Crippen molar-refractivity contribution >= 4 is 52.3 Å². The van der Waals surface area contributed by atoms with Gasteiger partial charge in [-0.2, -0.15) is 0 Å². The SMILES string of the molecule is Nc1cc(Cl)ccc1SCCOc1ccc(Cl)cc1Cl. The summed E-state index contributed by atoms with van der Waals surface area (Å²) in [5, 5.41) is 1.73. The van der Waals surface area contributed by atoms with Gasteiger partial charge in [-0.15, -0.1) is 11.8 Å². The summed E-state index contributed by atoms with van der Waals surface area (Å²) in [4.78, 5) is 0.986. The summed E-state index contributed by atoms with van der Waals surface area (Å²) in [5.41, 5.74) is 6.55. The lowest BCUT2D eigenvalue weighted by Gasteiger charge is -2.09. The molecule has 0 saturated heterocycles. The van der Waals surface area contributed by atoms with Gasteiger partial charge in [0.25, 0.3) is 0 Å². The van der Waals surface area contributed by atoms with Gasteiger partial charge < -0.3 is 10.5 Å². The molecule has 0 aromatic heterocycles. The van der Waals surface area contributed by atoms with Crippen molar-refractivity contribution in [2.24, 2.45) is 0 Å². The quantitative estimate of drug-likeness (QED) is 0.446. The van der Waals surface area contributed by atoms with Gasteiger partial charge in [0.05, 0.1) is 11.6 Å². The molecule has 2 aromatic carbocycles. The molecule has 106 valence electrons. The Morgan fingerprint density at radius 1 is 1.00 bits per heavy atom. The van der Waals surface area contributed by atoms with Crippen LogP contribution in [0.4, 0.5) is 5.69 Å². The zero-order valence-electron chi connectivity index (χ0n) is 10.4. The molecule has 0 amide bonds. The smallest absolute Gasteiger partial charge is 0.138 e. The van der Waals surface area contributed by atoms with Gasteiger partial charge in [-0.25, -0.2) is 0 Å². The third-order valence-electron chi connectivity index (χ3n) is 2.46. The minimum Gasteiger partial charge on any atom is -0.491 e. The number of thioether (sulfide) groups is 1. The third kappa shape index (κ3) is 4.38. The summed E-state index contributed by atoms with van der Waals surface area (Å²) >= 11 is 19.3. The first-order valence-electron chi connectivity index (χ1n) is 5.82. The monoisotopic (exact) mass is 347 g/mol. The van der Waals surface area contributed by atoms with Crippen LogP contribution in [0.2, 0.25) is 15.1 Å². The molecule has 0 atom stereocenters. The first kappa shape index (κ1) is 15.6. The molecule has 2 aromatic rings. The molecular formula is C14H12Cl3NOS. The van der Waals surface area contributed by atoms with E-state index in [1.165, 1.54) is 0 Å². The van der Waals surface area contributed by atoms with Gasteiger partial charge in [0.2, 0.25) is 0 Å². The van der Waals surface area contributed by atoms with Gasteiger partial charge in [-0.05, 0) is 36.4 Å². The molecule has 20 heavy (non-hydrogen) atoms. The van der Waals surface area contributed by atoms with Crippen LogP contribution in [0.3, 0.4) is 0 Å². The van der Waals surface area contributed by atoms with Crippen molar-refractivity contribution in [1.29, 1.82) is 0 Å². The maximum atomic E-state index is 6.02. The largest absolute Gasteiger partial charge is 0.491 e. The lowest BCUT2D eigenvalue weighted by Crippen LogP contribution is -2.01. The molecule has 0 aliphatic carbocycles. The molecule has 0 heterocycles. The Hall–Kier alpha value is -0.740. The van der Waals surface area contributed by atoms with E-state index in [1.807, 2.05) is 12.1 Å². The fraction of sp³-hybridized carbons (Fsp3) is 0.143. The van der Waals surface area contributed by atoms with Crippen molar-refractivity contribution in [2.75, 3.05) is 18.1 Å². The van der Waals surface area contributed by atoms with Gasteiger partial charge in [0.15, 0.2) is 0 Å². The Morgan fingerprint density at radius 3 is 2.40 bits per heavy atom. The van der Waals surface area contributed by atoms with Crippen LogP contribution < -0.4 is 10.5 Å². The van der Waals surface area contributed by atoms with E-state index in [0.29, 0.717) is 33.1 Å². The predicted octanol–water partition coefficient (Wildman–Crippen LogP) is 5.40. The minimum absolute atomic E-state index is 0.508. The third-order valence-corrected chi connectivity index (χ3v) is 4.28. The summed E-state index contributed by atoms with van der Waals surface area (Å²) < 4.78 is 5.60. The number of hydrogen-bond acceptors (Lipinski definition) is 3. The number of rotatable bonds is 5. The van der Waals surface area contributed by atoms with E-state index in [-0.39, 0.29) is 0 Å². The summed E-state index contributed by atoms with van der Waals surface area (Å²) in [6, 6.07) is 10.6. The van der Waals surface area contributed by atoms with E-state index in [2.05, 4.69) is 0 Å². The van der Waals surface area contributed by atoms with Gasteiger partial charge in [0.1, 0.15) is 5.75 Å². The molecule has 2 rings (SSSR count). The highest BCUT2D eigenvalue weighted by molar-refractivity contribution is 7.99. The lowest BCUT2D eigenvalue weighted by molar-refractivity contribution is 0.344. The highest BCUT2D eigenvalue weighted by atomic mass is 35.5. The number of halogens is 3. The van der Waals surface area contributed by atoms with Crippen molar-refractivity contribution in [3.8, 4) is 5.75 Å². The van der Waals surface area contributed by atoms with Crippen molar-refractivity contribution in [2.45, 2.75) is 4.90 Å². The Labute approximate surface area is 137 Å². The van der Waals surface area contributed by atoms with Crippen molar-refractivity contribution in [3.05, 3.63) is 51.5 Å². The molecule has 0 aliphatic rings. The standard InChI is InChI=1S/C14H12Cl3NOS/c15-9-1-3-13(11(17)7-9)19-5-6-20-14-4-2-10(16)8-12(14)18/h1-4,7-8H,5-6,18H2. The molecule has 0 fully saturated rings. The van der Waals surface area contributed by atoms with Crippen LogP contribution in [0.25, 0.3) is 0 Å². The predicted molar refractivity (Wildman–Crippen MR) is 88.5 cm³/mol. The molecule has 0 aliphatic heterocycles. The average Bonchev–Trinajstić information content (AvgIpc) is 2.39. The maximum absolute atomic E-state index is 6.02. The number of nitrogen functional groups attached to an aromatic ring is 1. The fourth-order valence-electron chi connectivity index (χ4n) is 1.55. The average molecular weight is 349 g/mol. The van der Waals surface area contributed by atoms with E-state index in [1.54, 1.807) is 36.0 Å². The maximum Gasteiger partial charge on any atom is 0.138 e. The minimum atomic E-state index is 0.508. The van der Waals surface area contributed by atoms with Crippen LogP contribution in [-0.4, -0.2) is 12.4 Å². The Kier molecular flexibility index (Phi) is 5.73. The Morgan fingerprint density at radius 2 is 1.70 bits per heavy atom. The summed E-state index contributed by atoms with van der Waals surface area (Å²) in [6.45, 7) is 0.522. The number of nitrogens with two attached hydrogens (primary N) is 1. The van der Waals surface area contributed by atoms with Gasteiger partial charge >= 0.3 is 0 Å². The zero-order chi connectivity index (χ0) is 14.5. The van der Waals surface area contributed by atoms with Gasteiger partial charge in [0, 0.05) is 26.4 Å². The molecule has 0 bridgehead atoms. The van der Waals surface area contributed by atoms with E-state index < -0.39 is 0 Å². The fourth-order valence-corrected chi connectivity index (χ4v) is 2.97. The van der Waals surface area contributed by atoms with Crippen molar-refractivity contribution in [3.63, 3.8) is 0 Å². The highest BCUT2D eigenvalue weighted by Gasteiger charge is 2.04. The first-order chi connectivity index (χ1) is 9.56. The second-order valence-electron chi connectivity index (χ2n) is 3.95. The highest BCUT2D eigenvalue weighted by Crippen LogP contribution is 2.29. The van der Waals surface area contributed by atoms with Crippen LogP contribution in [0, 0.1) is 0 Å². The van der Waals surface area contributed by atoms with E-state index in [4.69, 9.17) is 45.3 Å². The molecule has 0 saturated carbocycles. The molecule has 2 nitrogen and oxygen atoms in total. The normalized spacial score (nSPS) is 10.6. The van der Waals surface area contributed by atoms with Gasteiger partial charge in [-0.1, -0.05) is 34.8 Å². The molecule has 0 unspecified atom stereocenters. The van der Waals surface area contributed by atoms with E-state index in [0.717, 1.165) is 10.6 Å². The van der Waals surface area contributed by atoms with E-state index in [9.17, 15) is 0 Å². The number of benzene rings is 2. The zero-order valence-corrected chi connectivity index (χ0v) is 13.5. The van der Waals surface area contributed by atoms with Crippen LogP contribution in [0.1, 0.15) is 0 Å². The molecule has 0 spiro atoms. The summed E-state index contributed by atoms with van der Waals surface area (Å²) in [5.74, 6) is 1.38. The summed E-state index contributed by atoms with van der Waals surface area (Å²) in [7, 11) is 0. The van der Waals surface area contributed by atoms with Crippen molar-refractivity contribution < 1.29 is 4.74 Å².